The van der Waals surface area contributed by atoms with E-state index in [0.717, 1.165) is 49.8 Å². The van der Waals surface area contributed by atoms with E-state index >= 15 is 0 Å². The van der Waals surface area contributed by atoms with Crippen LogP contribution < -0.4 is 5.32 Å². The van der Waals surface area contributed by atoms with Gasteiger partial charge in [-0.15, -0.1) is 24.8 Å². The molecule has 26 heavy (non-hydrogen) atoms. The lowest BCUT2D eigenvalue weighted by Crippen LogP contribution is -2.28. The van der Waals surface area contributed by atoms with Crippen molar-refractivity contribution in [3.8, 4) is 11.5 Å². The van der Waals surface area contributed by atoms with Crippen molar-refractivity contribution in [2.45, 2.75) is 38.9 Å². The highest BCUT2D eigenvalue weighted by molar-refractivity contribution is 5.85. The summed E-state index contributed by atoms with van der Waals surface area (Å²) in [4.78, 5) is 13.8. The Balaban J connectivity index is 0.000000980. The molecule has 1 aliphatic carbocycles. The second-order valence-electron chi connectivity index (χ2n) is 6.41. The third kappa shape index (κ3) is 3.34. The molecule has 9 heteroatoms. The first-order valence-corrected chi connectivity index (χ1v) is 8.49. The van der Waals surface area contributed by atoms with Crippen LogP contribution in [0.5, 0.6) is 0 Å². The smallest absolute Gasteiger partial charge is 0.160 e. The third-order valence-corrected chi connectivity index (χ3v) is 4.79. The Morgan fingerprint density at radius 1 is 1.15 bits per heavy atom. The fourth-order valence-corrected chi connectivity index (χ4v) is 3.56. The van der Waals surface area contributed by atoms with Crippen LogP contribution >= 0.6 is 24.8 Å². The molecule has 0 unspecified atom stereocenters. The highest BCUT2D eigenvalue weighted by Gasteiger charge is 2.17. The van der Waals surface area contributed by atoms with Gasteiger partial charge in [0.15, 0.2) is 5.82 Å². The molecule has 3 aromatic heterocycles. The Bertz CT molecular complexity index is 879. The van der Waals surface area contributed by atoms with Gasteiger partial charge in [-0.2, -0.15) is 5.10 Å². The van der Waals surface area contributed by atoms with E-state index in [1.54, 1.807) is 0 Å². The number of hydrogen-bond acceptors (Lipinski definition) is 5. The van der Waals surface area contributed by atoms with Crippen LogP contribution in [0.15, 0.2) is 24.7 Å². The maximum Gasteiger partial charge on any atom is 0.160 e. The zero-order chi connectivity index (χ0) is 15.9. The maximum atomic E-state index is 4.73. The topological polar surface area (TPSA) is 73.5 Å². The van der Waals surface area contributed by atoms with Crippen molar-refractivity contribution in [1.29, 1.82) is 0 Å². The fourth-order valence-electron chi connectivity index (χ4n) is 3.56. The second-order valence-corrected chi connectivity index (χ2v) is 6.41. The average molecular weight is 394 g/mol. The van der Waals surface area contributed by atoms with Crippen LogP contribution in [0.25, 0.3) is 11.5 Å². The lowest BCUT2D eigenvalue weighted by atomic mass is 10.3. The SMILES string of the molecule is Cl.Cl.c1cn(Cc2ncc3c(n2)CCC3)c(-c2cc3n(n2)CCNC3)n1. The molecule has 0 fully saturated rings. The van der Waals surface area contributed by atoms with E-state index < -0.39 is 0 Å². The van der Waals surface area contributed by atoms with Crippen LogP contribution in [0, 0.1) is 0 Å². The van der Waals surface area contributed by atoms with Gasteiger partial charge < -0.3 is 9.88 Å². The molecule has 1 N–H and O–H groups in total. The van der Waals surface area contributed by atoms with Gasteiger partial charge in [-0.05, 0) is 30.9 Å². The Hall–Kier alpha value is -1.96. The molecule has 0 saturated heterocycles. The third-order valence-electron chi connectivity index (χ3n) is 4.79. The molecule has 2 aliphatic rings. The summed E-state index contributed by atoms with van der Waals surface area (Å²) in [6, 6.07) is 2.12. The minimum Gasteiger partial charge on any atom is -0.322 e. The standard InChI is InChI=1S/C17H19N7.2ClH/c1-2-12-9-20-16(21-14(12)3-1)11-23-6-5-19-17(23)15-8-13-10-18-4-7-24(13)22-15;;/h5-6,8-9,18H,1-4,7,10-11H2;2*1H. The van der Waals surface area contributed by atoms with E-state index in [9.17, 15) is 0 Å². The number of rotatable bonds is 3. The van der Waals surface area contributed by atoms with E-state index in [0.29, 0.717) is 6.54 Å². The number of imidazole rings is 1. The summed E-state index contributed by atoms with van der Waals surface area (Å²) in [5.41, 5.74) is 4.64. The minimum absolute atomic E-state index is 0. The first kappa shape index (κ1) is 18.8. The van der Waals surface area contributed by atoms with E-state index in [4.69, 9.17) is 10.1 Å². The summed E-state index contributed by atoms with van der Waals surface area (Å²) in [6.45, 7) is 3.36. The van der Waals surface area contributed by atoms with Crippen molar-refractivity contribution in [3.05, 3.63) is 47.4 Å². The van der Waals surface area contributed by atoms with Crippen molar-refractivity contribution in [1.82, 2.24) is 34.6 Å². The molecule has 5 rings (SSSR count). The monoisotopic (exact) mass is 393 g/mol. The van der Waals surface area contributed by atoms with Crippen molar-refractivity contribution in [2.24, 2.45) is 0 Å². The number of aryl methyl sites for hydroxylation is 2. The Morgan fingerprint density at radius 3 is 2.96 bits per heavy atom. The number of nitrogens with zero attached hydrogens (tertiary/aromatic N) is 6. The van der Waals surface area contributed by atoms with Crippen LogP contribution in [0.2, 0.25) is 0 Å². The molecule has 1 aliphatic heterocycles. The fraction of sp³-hybridized carbons (Fsp3) is 0.412. The molecule has 0 amide bonds. The highest BCUT2D eigenvalue weighted by atomic mass is 35.5. The van der Waals surface area contributed by atoms with E-state index in [-0.39, 0.29) is 24.8 Å². The van der Waals surface area contributed by atoms with Crippen LogP contribution in [0.3, 0.4) is 0 Å². The molecule has 0 bridgehead atoms. The largest absolute Gasteiger partial charge is 0.322 e. The number of nitrogens with one attached hydrogen (secondary N) is 1. The van der Waals surface area contributed by atoms with Crippen LogP contribution in [-0.2, 0) is 32.5 Å². The molecule has 138 valence electrons. The van der Waals surface area contributed by atoms with Crippen molar-refractivity contribution < 1.29 is 0 Å². The Labute approximate surface area is 164 Å². The zero-order valence-electron chi connectivity index (χ0n) is 14.3. The summed E-state index contributed by atoms with van der Waals surface area (Å²) in [6.07, 6.45) is 9.16. The summed E-state index contributed by atoms with van der Waals surface area (Å²) >= 11 is 0. The number of halogens is 2. The summed E-state index contributed by atoms with van der Waals surface area (Å²) < 4.78 is 4.15. The van der Waals surface area contributed by atoms with Gasteiger partial charge in [0.1, 0.15) is 11.5 Å². The molecule has 0 saturated carbocycles. The van der Waals surface area contributed by atoms with Gasteiger partial charge in [0, 0.05) is 37.4 Å². The molecule has 0 spiro atoms. The number of aromatic nitrogens is 6. The number of fused-ring (bicyclic) bond motifs is 2. The lowest BCUT2D eigenvalue weighted by molar-refractivity contribution is 0.476. The zero-order valence-corrected chi connectivity index (χ0v) is 15.9. The van der Waals surface area contributed by atoms with Gasteiger partial charge in [0.05, 0.1) is 18.8 Å². The highest BCUT2D eigenvalue weighted by Crippen LogP contribution is 2.21. The first-order valence-electron chi connectivity index (χ1n) is 8.49. The first-order chi connectivity index (χ1) is 11.9. The lowest BCUT2D eigenvalue weighted by Gasteiger charge is -2.13. The van der Waals surface area contributed by atoms with Crippen LogP contribution in [0.4, 0.5) is 0 Å². The summed E-state index contributed by atoms with van der Waals surface area (Å²) in [5.74, 6) is 1.72. The van der Waals surface area contributed by atoms with Gasteiger partial charge in [-0.3, -0.25) is 4.68 Å². The van der Waals surface area contributed by atoms with Gasteiger partial charge in [-0.1, -0.05) is 0 Å². The van der Waals surface area contributed by atoms with Crippen molar-refractivity contribution in [3.63, 3.8) is 0 Å². The molecule has 0 aromatic carbocycles. The Kier molecular flexibility index (Phi) is 5.60. The normalized spacial score (nSPS) is 14.9. The van der Waals surface area contributed by atoms with Gasteiger partial charge in [0.25, 0.3) is 0 Å². The molecule has 3 aromatic rings. The molecular formula is C17H21Cl2N7. The van der Waals surface area contributed by atoms with E-state index in [2.05, 4.69) is 30.6 Å². The van der Waals surface area contributed by atoms with Crippen molar-refractivity contribution in [2.75, 3.05) is 6.54 Å². The molecule has 0 atom stereocenters. The molecular weight excluding hydrogens is 373 g/mol. The molecule has 7 nitrogen and oxygen atoms in total. The summed E-state index contributed by atoms with van der Waals surface area (Å²) in [5, 5.41) is 8.08. The Morgan fingerprint density at radius 2 is 2.08 bits per heavy atom. The van der Waals surface area contributed by atoms with E-state index in [1.807, 2.05) is 18.6 Å². The number of hydrogen-bond donors (Lipinski definition) is 1. The van der Waals surface area contributed by atoms with Crippen LogP contribution in [-0.4, -0.2) is 35.8 Å². The summed E-state index contributed by atoms with van der Waals surface area (Å²) in [7, 11) is 0. The van der Waals surface area contributed by atoms with Crippen LogP contribution in [0.1, 0.15) is 29.2 Å². The van der Waals surface area contributed by atoms with Crippen molar-refractivity contribution >= 4 is 24.8 Å². The second kappa shape index (κ2) is 7.73. The predicted molar refractivity (Wildman–Crippen MR) is 103 cm³/mol. The van der Waals surface area contributed by atoms with E-state index in [1.165, 1.54) is 23.4 Å². The van der Waals surface area contributed by atoms with Gasteiger partial charge >= 0.3 is 0 Å². The minimum atomic E-state index is 0. The predicted octanol–water partition coefficient (Wildman–Crippen LogP) is 2.02. The van der Waals surface area contributed by atoms with Gasteiger partial charge in [0.2, 0.25) is 0 Å². The molecule has 4 heterocycles. The van der Waals surface area contributed by atoms with Gasteiger partial charge in [-0.25, -0.2) is 15.0 Å². The maximum absolute atomic E-state index is 4.73. The average Bonchev–Trinajstić information content (AvgIpc) is 3.33. The quantitative estimate of drug-likeness (QED) is 0.736. The molecule has 0 radical (unpaired) electrons.